The third-order valence-corrected chi connectivity index (χ3v) is 1.66. The Morgan fingerprint density at radius 3 is 2.36 bits per heavy atom. The van der Waals surface area contributed by atoms with Crippen molar-refractivity contribution in [3.05, 3.63) is 0 Å². The van der Waals surface area contributed by atoms with Crippen LogP contribution in [0.1, 0.15) is 53.4 Å². The molecule has 0 amide bonds. The quantitative estimate of drug-likeness (QED) is 0.377. The summed E-state index contributed by atoms with van der Waals surface area (Å²) in [7, 11) is 0. The van der Waals surface area contributed by atoms with E-state index in [9.17, 15) is 4.79 Å². The van der Waals surface area contributed by atoms with Crippen LogP contribution >= 0.6 is 0 Å². The van der Waals surface area contributed by atoms with E-state index in [1.807, 2.05) is 20.8 Å². The molecule has 0 aromatic carbocycles. The third kappa shape index (κ3) is 9.52. The van der Waals surface area contributed by atoms with Crippen LogP contribution in [0, 0.1) is 5.41 Å². The van der Waals surface area contributed by atoms with Crippen LogP contribution in [0.4, 0.5) is 0 Å². The Morgan fingerprint density at radius 1 is 1.21 bits per heavy atom. The smallest absolute Gasteiger partial charge is 0.298 e. The first-order valence-corrected chi connectivity index (χ1v) is 5.28. The highest BCUT2D eigenvalue weighted by Crippen LogP contribution is 2.18. The maximum Gasteiger partial charge on any atom is 0.342 e. The summed E-state index contributed by atoms with van der Waals surface area (Å²) in [5.74, 6) is -0.283. The molecular formula is C11H22O3. The molecule has 14 heavy (non-hydrogen) atoms. The molecule has 0 aromatic rings. The summed E-state index contributed by atoms with van der Waals surface area (Å²) in [5.41, 5.74) is -0.0378. The summed E-state index contributed by atoms with van der Waals surface area (Å²) in [6.45, 7) is 8.59. The second kappa shape index (κ2) is 6.82. The minimum absolute atomic E-state index is 0.0378. The van der Waals surface area contributed by atoms with Gasteiger partial charge in [0.15, 0.2) is 0 Å². The molecule has 0 bridgehead atoms. The van der Waals surface area contributed by atoms with Gasteiger partial charge in [0.25, 0.3) is 0 Å². The molecule has 0 spiro atoms. The van der Waals surface area contributed by atoms with Crippen molar-refractivity contribution in [3.8, 4) is 0 Å². The molecule has 0 saturated carbocycles. The lowest BCUT2D eigenvalue weighted by atomic mass is 9.93. The number of unbranched alkanes of at least 4 members (excludes halogenated alkanes) is 2. The van der Waals surface area contributed by atoms with Crippen molar-refractivity contribution < 1.29 is 14.6 Å². The van der Waals surface area contributed by atoms with Crippen molar-refractivity contribution in [2.24, 2.45) is 5.41 Å². The van der Waals surface area contributed by atoms with Gasteiger partial charge in [-0.15, -0.1) is 0 Å². The van der Waals surface area contributed by atoms with Crippen molar-refractivity contribution in [1.82, 2.24) is 0 Å². The summed E-state index contributed by atoms with van der Waals surface area (Å²) in [6.07, 6.45) is 3.58. The van der Waals surface area contributed by atoms with E-state index >= 15 is 0 Å². The van der Waals surface area contributed by atoms with Crippen molar-refractivity contribution in [2.45, 2.75) is 53.4 Å². The molecule has 0 heterocycles. The number of hydrogen-bond donors (Lipinski definition) is 0. The van der Waals surface area contributed by atoms with Gasteiger partial charge >= 0.3 is 5.97 Å². The molecule has 0 aliphatic heterocycles. The van der Waals surface area contributed by atoms with Crippen LogP contribution < -0.4 is 0 Å². The van der Waals surface area contributed by atoms with E-state index in [-0.39, 0.29) is 11.4 Å². The molecule has 0 aliphatic carbocycles. The van der Waals surface area contributed by atoms with Gasteiger partial charge in [0.2, 0.25) is 0 Å². The Bertz CT molecular complexity index is 158. The van der Waals surface area contributed by atoms with Gasteiger partial charge in [0, 0.05) is 0 Å². The molecule has 0 rings (SSSR count). The van der Waals surface area contributed by atoms with Gasteiger partial charge in [-0.2, -0.15) is 4.89 Å². The molecule has 3 heteroatoms. The van der Waals surface area contributed by atoms with Gasteiger partial charge in [-0.3, -0.25) is 4.89 Å². The summed E-state index contributed by atoms with van der Waals surface area (Å²) >= 11 is 0. The Labute approximate surface area is 86.7 Å². The average molecular weight is 202 g/mol. The summed E-state index contributed by atoms with van der Waals surface area (Å²) in [5, 5.41) is 0. The summed E-state index contributed by atoms with van der Waals surface area (Å²) < 4.78 is 0. The van der Waals surface area contributed by atoms with Gasteiger partial charge in [-0.25, -0.2) is 4.79 Å². The SMILES string of the molecule is CCCCCOOC(=O)CC(C)(C)C. The highest BCUT2D eigenvalue weighted by atomic mass is 17.2. The normalized spacial score (nSPS) is 11.4. The van der Waals surface area contributed by atoms with E-state index in [1.165, 1.54) is 0 Å². The lowest BCUT2D eigenvalue weighted by Gasteiger charge is -2.15. The van der Waals surface area contributed by atoms with Crippen LogP contribution in [0.3, 0.4) is 0 Å². The fourth-order valence-corrected chi connectivity index (χ4v) is 0.981. The molecule has 3 nitrogen and oxygen atoms in total. The van der Waals surface area contributed by atoms with Crippen molar-refractivity contribution >= 4 is 5.97 Å². The molecule has 84 valence electrons. The van der Waals surface area contributed by atoms with Crippen molar-refractivity contribution in [3.63, 3.8) is 0 Å². The number of carbonyl (C=O) groups excluding carboxylic acids is 1. The zero-order valence-electron chi connectivity index (χ0n) is 9.76. The summed E-state index contributed by atoms with van der Waals surface area (Å²) in [6, 6.07) is 0. The predicted molar refractivity (Wildman–Crippen MR) is 55.6 cm³/mol. The first-order chi connectivity index (χ1) is 6.45. The molecule has 0 N–H and O–H groups in total. The molecule has 0 unspecified atom stereocenters. The third-order valence-electron chi connectivity index (χ3n) is 1.66. The van der Waals surface area contributed by atoms with E-state index in [4.69, 9.17) is 4.89 Å². The number of carbonyl (C=O) groups is 1. The summed E-state index contributed by atoms with van der Waals surface area (Å²) in [4.78, 5) is 20.6. The monoisotopic (exact) mass is 202 g/mol. The standard InChI is InChI=1S/C11H22O3/c1-5-6-7-8-13-14-10(12)9-11(2,3)4/h5-9H2,1-4H3. The Hall–Kier alpha value is -0.570. The lowest BCUT2D eigenvalue weighted by molar-refractivity contribution is -0.274. The highest BCUT2D eigenvalue weighted by molar-refractivity contribution is 5.69. The molecule has 0 saturated heterocycles. The van der Waals surface area contributed by atoms with E-state index in [2.05, 4.69) is 11.8 Å². The molecular weight excluding hydrogens is 180 g/mol. The van der Waals surface area contributed by atoms with Crippen LogP contribution in [0.25, 0.3) is 0 Å². The second-order valence-electron chi connectivity index (χ2n) is 4.72. The van der Waals surface area contributed by atoms with Gasteiger partial charge in [0.1, 0.15) is 0 Å². The van der Waals surface area contributed by atoms with Crippen molar-refractivity contribution in [2.75, 3.05) is 6.61 Å². The average Bonchev–Trinajstić information content (AvgIpc) is 2.00. The molecule has 0 aliphatic rings. The fourth-order valence-electron chi connectivity index (χ4n) is 0.981. The Morgan fingerprint density at radius 2 is 1.86 bits per heavy atom. The van der Waals surface area contributed by atoms with E-state index in [0.717, 1.165) is 19.3 Å². The first-order valence-electron chi connectivity index (χ1n) is 5.28. The minimum atomic E-state index is -0.283. The lowest BCUT2D eigenvalue weighted by Crippen LogP contribution is -2.15. The zero-order valence-corrected chi connectivity index (χ0v) is 9.76. The fraction of sp³-hybridized carbons (Fsp3) is 0.909. The number of hydrogen-bond acceptors (Lipinski definition) is 3. The van der Waals surface area contributed by atoms with E-state index in [0.29, 0.717) is 13.0 Å². The van der Waals surface area contributed by atoms with Crippen LogP contribution in [-0.2, 0) is 14.6 Å². The molecule has 0 aromatic heterocycles. The second-order valence-corrected chi connectivity index (χ2v) is 4.72. The molecule has 0 radical (unpaired) electrons. The minimum Gasteiger partial charge on any atom is -0.298 e. The number of rotatable bonds is 6. The van der Waals surface area contributed by atoms with Gasteiger partial charge in [-0.05, 0) is 11.8 Å². The maximum atomic E-state index is 11.1. The van der Waals surface area contributed by atoms with Gasteiger partial charge < -0.3 is 0 Å². The maximum absolute atomic E-state index is 11.1. The molecule has 0 atom stereocenters. The topological polar surface area (TPSA) is 35.5 Å². The largest absolute Gasteiger partial charge is 0.342 e. The van der Waals surface area contributed by atoms with Crippen LogP contribution in [0.15, 0.2) is 0 Å². The van der Waals surface area contributed by atoms with Crippen molar-refractivity contribution in [1.29, 1.82) is 0 Å². The van der Waals surface area contributed by atoms with Crippen LogP contribution in [0.2, 0.25) is 0 Å². The van der Waals surface area contributed by atoms with Gasteiger partial charge in [-0.1, -0.05) is 40.5 Å². The Kier molecular flexibility index (Phi) is 6.54. The zero-order chi connectivity index (χ0) is 11.0. The first kappa shape index (κ1) is 13.4. The van der Waals surface area contributed by atoms with Crippen LogP contribution in [0.5, 0.6) is 0 Å². The van der Waals surface area contributed by atoms with Gasteiger partial charge in [0.05, 0.1) is 13.0 Å². The van der Waals surface area contributed by atoms with E-state index in [1.54, 1.807) is 0 Å². The van der Waals surface area contributed by atoms with E-state index < -0.39 is 0 Å². The predicted octanol–water partition coefficient (Wildman–Crippen LogP) is 3.09. The Balaban J connectivity index is 3.36. The highest BCUT2D eigenvalue weighted by Gasteiger charge is 2.17. The van der Waals surface area contributed by atoms with Crippen LogP contribution in [-0.4, -0.2) is 12.6 Å². The molecule has 0 fully saturated rings.